The zero-order valence-corrected chi connectivity index (χ0v) is 15.8. The normalized spacial score (nSPS) is 19.4. The van der Waals surface area contributed by atoms with Gasteiger partial charge in [0.25, 0.3) is 0 Å². The van der Waals surface area contributed by atoms with Crippen molar-refractivity contribution in [1.29, 1.82) is 0 Å². The predicted molar refractivity (Wildman–Crippen MR) is 103 cm³/mol. The van der Waals surface area contributed by atoms with Crippen molar-refractivity contribution in [3.63, 3.8) is 0 Å². The summed E-state index contributed by atoms with van der Waals surface area (Å²) in [5.74, 6) is -0.643. The lowest BCUT2D eigenvalue weighted by Crippen LogP contribution is -2.53. The van der Waals surface area contributed by atoms with Crippen molar-refractivity contribution in [3.05, 3.63) is 47.7 Å². The van der Waals surface area contributed by atoms with Gasteiger partial charge in [0.15, 0.2) is 5.82 Å². The van der Waals surface area contributed by atoms with E-state index in [1.54, 1.807) is 12.1 Å². The van der Waals surface area contributed by atoms with Gasteiger partial charge in [-0.2, -0.15) is 0 Å². The molecule has 0 saturated heterocycles. The summed E-state index contributed by atoms with van der Waals surface area (Å²) in [5, 5.41) is 1.53. The number of methoxy groups -OCH3 is 1. The van der Waals surface area contributed by atoms with Crippen molar-refractivity contribution in [3.8, 4) is 0 Å². The number of nitrogens with two attached hydrogens (primary N) is 2. The fourth-order valence-electron chi connectivity index (χ4n) is 3.30. The molecule has 1 saturated carbocycles. The van der Waals surface area contributed by atoms with E-state index in [4.69, 9.17) is 16.2 Å². The molecule has 0 aliphatic heterocycles. The Morgan fingerprint density at radius 3 is 2.75 bits per heavy atom. The number of carbonyl (C=O) groups is 1. The number of halogens is 1. The zero-order valence-electron chi connectivity index (χ0n) is 15.8. The van der Waals surface area contributed by atoms with Crippen LogP contribution in [0.25, 0.3) is 0 Å². The highest BCUT2D eigenvalue weighted by Gasteiger charge is 2.27. The molecule has 150 valence electrons. The standard InChI is InChI=1S/C19H25FN6O2/c1-28-11-13-8-23-10-16(18(13)20)26(25-15-5-3-2-4-14(15)21)17-7-6-12(9-24-17)19(22)27/h6-10,14-15,25H,2-5,11,21H2,1H3,(H2,22,27). The molecule has 2 aromatic rings. The maximum absolute atomic E-state index is 15.1. The Labute approximate surface area is 163 Å². The first kappa shape index (κ1) is 20.1. The average Bonchev–Trinajstić information content (AvgIpc) is 2.70. The number of rotatable bonds is 7. The first-order valence-corrected chi connectivity index (χ1v) is 9.20. The van der Waals surface area contributed by atoms with Crippen molar-refractivity contribution in [2.45, 2.75) is 44.4 Å². The van der Waals surface area contributed by atoms with E-state index in [1.165, 1.54) is 30.7 Å². The summed E-state index contributed by atoms with van der Waals surface area (Å²) in [5.41, 5.74) is 15.7. The maximum atomic E-state index is 15.1. The monoisotopic (exact) mass is 388 g/mol. The van der Waals surface area contributed by atoms with Gasteiger partial charge in [0.1, 0.15) is 11.5 Å². The van der Waals surface area contributed by atoms with Crippen LogP contribution in [0, 0.1) is 5.82 Å². The molecule has 0 bridgehead atoms. The number of nitrogens with zero attached hydrogens (tertiary/aromatic N) is 3. The Morgan fingerprint density at radius 1 is 1.32 bits per heavy atom. The first-order chi connectivity index (χ1) is 13.5. The number of hydrogen-bond acceptors (Lipinski definition) is 7. The number of carbonyl (C=O) groups excluding carboxylic acids is 1. The van der Waals surface area contributed by atoms with Gasteiger partial charge in [0.05, 0.1) is 18.4 Å². The van der Waals surface area contributed by atoms with E-state index in [0.29, 0.717) is 11.4 Å². The SMILES string of the molecule is COCc1cncc(N(NC2CCCCC2N)c2ccc(C(N)=O)cn2)c1F. The molecule has 5 N–H and O–H groups in total. The number of anilines is 2. The number of pyridine rings is 2. The van der Waals surface area contributed by atoms with Crippen LogP contribution in [0.2, 0.25) is 0 Å². The van der Waals surface area contributed by atoms with E-state index in [2.05, 4.69) is 15.4 Å². The highest BCUT2D eigenvalue weighted by atomic mass is 19.1. The smallest absolute Gasteiger partial charge is 0.250 e. The second-order valence-electron chi connectivity index (χ2n) is 6.85. The lowest BCUT2D eigenvalue weighted by atomic mass is 9.91. The van der Waals surface area contributed by atoms with Crippen molar-refractivity contribution in [1.82, 2.24) is 15.4 Å². The van der Waals surface area contributed by atoms with E-state index >= 15 is 4.39 Å². The number of ether oxygens (including phenoxy) is 1. The van der Waals surface area contributed by atoms with Crippen molar-refractivity contribution in [2.75, 3.05) is 12.1 Å². The second kappa shape index (κ2) is 9.05. The number of amides is 1. The number of primary amides is 1. The van der Waals surface area contributed by atoms with E-state index in [0.717, 1.165) is 25.7 Å². The van der Waals surface area contributed by atoms with Gasteiger partial charge in [0.2, 0.25) is 5.91 Å². The molecule has 2 unspecified atom stereocenters. The minimum atomic E-state index is -0.581. The number of aromatic nitrogens is 2. The van der Waals surface area contributed by atoms with Gasteiger partial charge in [-0.3, -0.25) is 14.8 Å². The van der Waals surface area contributed by atoms with Gasteiger partial charge in [-0.05, 0) is 25.0 Å². The number of hydrazine groups is 1. The van der Waals surface area contributed by atoms with Crippen molar-refractivity contribution in [2.24, 2.45) is 11.5 Å². The molecule has 1 aliphatic rings. The minimum Gasteiger partial charge on any atom is -0.380 e. The largest absolute Gasteiger partial charge is 0.380 e. The number of nitrogens with one attached hydrogen (secondary N) is 1. The van der Waals surface area contributed by atoms with Gasteiger partial charge < -0.3 is 16.2 Å². The van der Waals surface area contributed by atoms with E-state index in [1.807, 2.05) is 0 Å². The Kier molecular flexibility index (Phi) is 6.50. The van der Waals surface area contributed by atoms with Crippen LogP contribution in [0.3, 0.4) is 0 Å². The zero-order chi connectivity index (χ0) is 20.1. The summed E-state index contributed by atoms with van der Waals surface area (Å²) >= 11 is 0. The second-order valence-corrected chi connectivity index (χ2v) is 6.85. The maximum Gasteiger partial charge on any atom is 0.250 e. The van der Waals surface area contributed by atoms with E-state index in [-0.39, 0.29) is 29.9 Å². The Bertz CT molecular complexity index is 817. The van der Waals surface area contributed by atoms with Crippen LogP contribution in [-0.2, 0) is 11.3 Å². The average molecular weight is 388 g/mol. The highest BCUT2D eigenvalue weighted by Crippen LogP contribution is 2.28. The highest BCUT2D eigenvalue weighted by molar-refractivity contribution is 5.92. The quantitative estimate of drug-likeness (QED) is 0.618. The molecular weight excluding hydrogens is 363 g/mol. The molecule has 0 spiro atoms. The Morgan fingerprint density at radius 2 is 2.11 bits per heavy atom. The molecule has 1 fully saturated rings. The third-order valence-corrected chi connectivity index (χ3v) is 4.85. The van der Waals surface area contributed by atoms with Gasteiger partial charge in [-0.25, -0.2) is 14.8 Å². The van der Waals surface area contributed by atoms with Gasteiger partial charge in [-0.15, -0.1) is 0 Å². The van der Waals surface area contributed by atoms with E-state index < -0.39 is 11.7 Å². The third kappa shape index (κ3) is 4.44. The molecule has 2 heterocycles. The van der Waals surface area contributed by atoms with Crippen LogP contribution < -0.4 is 21.9 Å². The molecule has 3 rings (SSSR count). The molecule has 9 heteroatoms. The fourth-order valence-corrected chi connectivity index (χ4v) is 3.30. The lowest BCUT2D eigenvalue weighted by Gasteiger charge is -2.35. The van der Waals surface area contributed by atoms with Gasteiger partial charge in [-0.1, -0.05) is 12.8 Å². The molecule has 28 heavy (non-hydrogen) atoms. The van der Waals surface area contributed by atoms with Crippen LogP contribution in [-0.4, -0.2) is 35.1 Å². The first-order valence-electron chi connectivity index (χ1n) is 9.20. The summed E-state index contributed by atoms with van der Waals surface area (Å²) in [6, 6.07) is 3.05. The summed E-state index contributed by atoms with van der Waals surface area (Å²) in [7, 11) is 1.49. The van der Waals surface area contributed by atoms with Crippen LogP contribution in [0.1, 0.15) is 41.6 Å². The summed E-state index contributed by atoms with van der Waals surface area (Å²) in [6.45, 7) is 0.0947. The molecule has 8 nitrogen and oxygen atoms in total. The minimum absolute atomic E-state index is 0.0446. The predicted octanol–water partition coefficient (Wildman–Crippen LogP) is 1.77. The molecular formula is C19H25FN6O2. The van der Waals surface area contributed by atoms with Crippen molar-refractivity contribution >= 4 is 17.4 Å². The topological polar surface area (TPSA) is 119 Å². The molecule has 2 aromatic heterocycles. The van der Waals surface area contributed by atoms with Gasteiger partial charge in [0, 0.05) is 37.2 Å². The van der Waals surface area contributed by atoms with Crippen LogP contribution in [0.4, 0.5) is 15.9 Å². The molecule has 0 radical (unpaired) electrons. The lowest BCUT2D eigenvalue weighted by molar-refractivity contribution is 0.1000. The molecule has 0 aromatic carbocycles. The molecule has 2 atom stereocenters. The van der Waals surface area contributed by atoms with Crippen LogP contribution in [0.15, 0.2) is 30.7 Å². The summed E-state index contributed by atoms with van der Waals surface area (Å²) in [6.07, 6.45) is 8.07. The molecule has 1 aliphatic carbocycles. The van der Waals surface area contributed by atoms with Crippen molar-refractivity contribution < 1.29 is 13.9 Å². The summed E-state index contributed by atoms with van der Waals surface area (Å²) < 4.78 is 20.2. The summed E-state index contributed by atoms with van der Waals surface area (Å²) in [4.78, 5) is 19.7. The number of hydrogen-bond donors (Lipinski definition) is 3. The van der Waals surface area contributed by atoms with Crippen LogP contribution >= 0.6 is 0 Å². The molecule has 1 amide bonds. The Balaban J connectivity index is 1.99. The van der Waals surface area contributed by atoms with Gasteiger partial charge >= 0.3 is 0 Å². The third-order valence-electron chi connectivity index (χ3n) is 4.85. The van der Waals surface area contributed by atoms with Crippen LogP contribution in [0.5, 0.6) is 0 Å². The fraction of sp³-hybridized carbons (Fsp3) is 0.421. The van der Waals surface area contributed by atoms with E-state index in [9.17, 15) is 4.79 Å². The Hall–Kier alpha value is -2.62.